The monoisotopic (exact) mass is 456 g/mol. The molecule has 1 heterocycles. The number of nitro benzene ring substituents is 1. The lowest BCUT2D eigenvalue weighted by molar-refractivity contribution is -0.385. The number of anilines is 1. The summed E-state index contributed by atoms with van der Waals surface area (Å²) in [7, 11) is 1.41. The smallest absolute Gasteiger partial charge is 0.329 e. The predicted molar refractivity (Wildman–Crippen MR) is 118 cm³/mol. The minimum Gasteiger partial charge on any atom is -0.495 e. The van der Waals surface area contributed by atoms with E-state index >= 15 is 0 Å². The second kappa shape index (κ2) is 9.75. The van der Waals surface area contributed by atoms with Crippen molar-refractivity contribution in [2.24, 2.45) is 5.10 Å². The van der Waals surface area contributed by atoms with Crippen molar-refractivity contribution in [3.05, 3.63) is 75.0 Å². The van der Waals surface area contributed by atoms with Gasteiger partial charge in [0.25, 0.3) is 5.69 Å². The summed E-state index contributed by atoms with van der Waals surface area (Å²) in [6.45, 7) is 1.62. The van der Waals surface area contributed by atoms with E-state index in [0.29, 0.717) is 27.7 Å². The molecule has 3 aromatic rings. The van der Waals surface area contributed by atoms with Crippen LogP contribution in [0.15, 0.2) is 58.0 Å². The molecule has 0 radical (unpaired) electrons. The van der Waals surface area contributed by atoms with E-state index in [0.717, 1.165) is 0 Å². The molecular weight excluding hydrogens is 440 g/mol. The number of ether oxygens (including phenoxy) is 1. The van der Waals surface area contributed by atoms with Gasteiger partial charge in [-0.3, -0.25) is 19.7 Å². The van der Waals surface area contributed by atoms with Gasteiger partial charge in [0.1, 0.15) is 17.3 Å². The Hall–Kier alpha value is -4.18. The Morgan fingerprint density at radius 3 is 2.69 bits per heavy atom. The molecule has 164 valence electrons. The number of hydrogen-bond donors (Lipinski definition) is 2. The Balaban J connectivity index is 1.65. The summed E-state index contributed by atoms with van der Waals surface area (Å²) in [5, 5.41) is 17.5. The van der Waals surface area contributed by atoms with Crippen LogP contribution in [0.3, 0.4) is 0 Å². The minimum atomic E-state index is -1.02. The van der Waals surface area contributed by atoms with Crippen LogP contribution in [0.2, 0.25) is 5.02 Å². The Bertz CT molecular complexity index is 1220. The lowest BCUT2D eigenvalue weighted by atomic mass is 10.1. The second-order valence-electron chi connectivity index (χ2n) is 6.41. The van der Waals surface area contributed by atoms with Gasteiger partial charge in [0.2, 0.25) is 0 Å². The number of benzene rings is 2. The van der Waals surface area contributed by atoms with Crippen LogP contribution in [-0.2, 0) is 9.59 Å². The normalized spacial score (nSPS) is 10.7. The average Bonchev–Trinajstić information content (AvgIpc) is 3.22. The van der Waals surface area contributed by atoms with Crippen LogP contribution in [-0.4, -0.2) is 30.1 Å². The molecule has 1 aromatic heterocycles. The van der Waals surface area contributed by atoms with E-state index in [1.54, 1.807) is 43.3 Å². The second-order valence-corrected chi connectivity index (χ2v) is 6.84. The van der Waals surface area contributed by atoms with Gasteiger partial charge in [-0.15, -0.1) is 0 Å². The molecule has 32 heavy (non-hydrogen) atoms. The number of nitrogens with one attached hydrogen (secondary N) is 2. The molecule has 2 N–H and O–H groups in total. The maximum atomic E-state index is 12.1. The number of rotatable bonds is 6. The molecule has 11 heteroatoms. The molecule has 0 aliphatic rings. The molecule has 3 rings (SSSR count). The minimum absolute atomic E-state index is 0.0243. The zero-order valence-electron chi connectivity index (χ0n) is 16.9. The summed E-state index contributed by atoms with van der Waals surface area (Å²) in [6, 6.07) is 12.4. The standard InChI is InChI=1S/C21H17ClN4O6/c1-12-15(4-3-5-17(12)26(29)30)18-9-7-14(32-18)11-23-25-21(28)20(27)24-16-10-13(22)6-8-19(16)31-2/h3-11H,1-2H3,(H,24,27)(H,25,28). The first kappa shape index (κ1) is 22.5. The number of carbonyl (C=O) groups is 2. The third kappa shape index (κ3) is 5.10. The van der Waals surface area contributed by atoms with Crippen LogP contribution < -0.4 is 15.5 Å². The first-order chi connectivity index (χ1) is 15.3. The summed E-state index contributed by atoms with van der Waals surface area (Å²) >= 11 is 5.89. The topological polar surface area (TPSA) is 136 Å². The Labute approximate surface area is 187 Å². The molecular formula is C21H17ClN4O6. The highest BCUT2D eigenvalue weighted by molar-refractivity contribution is 6.40. The van der Waals surface area contributed by atoms with Crippen molar-refractivity contribution in [2.75, 3.05) is 12.4 Å². The molecule has 0 bridgehead atoms. The van der Waals surface area contributed by atoms with Crippen molar-refractivity contribution in [1.82, 2.24) is 5.43 Å². The van der Waals surface area contributed by atoms with Crippen molar-refractivity contribution in [3.8, 4) is 17.1 Å². The maximum absolute atomic E-state index is 12.1. The highest BCUT2D eigenvalue weighted by atomic mass is 35.5. The summed E-state index contributed by atoms with van der Waals surface area (Å²) < 4.78 is 10.7. The Morgan fingerprint density at radius 2 is 1.97 bits per heavy atom. The fourth-order valence-corrected chi connectivity index (χ4v) is 2.99. The third-order valence-corrected chi connectivity index (χ3v) is 4.60. The molecule has 0 atom stereocenters. The molecule has 0 saturated carbocycles. The van der Waals surface area contributed by atoms with Gasteiger partial charge >= 0.3 is 11.8 Å². The van der Waals surface area contributed by atoms with Crippen LogP contribution in [0.5, 0.6) is 5.75 Å². The fourth-order valence-electron chi connectivity index (χ4n) is 2.82. The van der Waals surface area contributed by atoms with E-state index in [2.05, 4.69) is 15.8 Å². The van der Waals surface area contributed by atoms with Crippen LogP contribution in [0.4, 0.5) is 11.4 Å². The SMILES string of the molecule is COc1ccc(Cl)cc1NC(=O)C(=O)NN=Cc1ccc(-c2cccc([N+](=O)[O-])c2C)o1. The number of nitrogens with zero attached hydrogens (tertiary/aromatic N) is 2. The number of hydrazone groups is 1. The van der Waals surface area contributed by atoms with Gasteiger partial charge in [0.15, 0.2) is 0 Å². The lowest BCUT2D eigenvalue weighted by Crippen LogP contribution is -2.32. The van der Waals surface area contributed by atoms with Crippen molar-refractivity contribution in [1.29, 1.82) is 0 Å². The summed E-state index contributed by atoms with van der Waals surface area (Å²) in [5.41, 5.74) is 3.30. The summed E-state index contributed by atoms with van der Waals surface area (Å²) in [5.74, 6) is -1.01. The molecule has 10 nitrogen and oxygen atoms in total. The largest absolute Gasteiger partial charge is 0.495 e. The Kier molecular flexibility index (Phi) is 6.86. The highest BCUT2D eigenvalue weighted by Crippen LogP contribution is 2.31. The van der Waals surface area contributed by atoms with Gasteiger partial charge < -0.3 is 14.5 Å². The van der Waals surface area contributed by atoms with Crippen LogP contribution in [0.1, 0.15) is 11.3 Å². The molecule has 2 amide bonds. The molecule has 0 aliphatic heterocycles. The van der Waals surface area contributed by atoms with E-state index in [9.17, 15) is 19.7 Å². The van der Waals surface area contributed by atoms with Gasteiger partial charge in [-0.05, 0) is 37.3 Å². The van der Waals surface area contributed by atoms with Crippen LogP contribution in [0.25, 0.3) is 11.3 Å². The average molecular weight is 457 g/mol. The lowest BCUT2D eigenvalue weighted by Gasteiger charge is -2.09. The van der Waals surface area contributed by atoms with E-state index in [1.807, 2.05) is 0 Å². The molecule has 0 fully saturated rings. The van der Waals surface area contributed by atoms with Crippen molar-refractivity contribution in [2.45, 2.75) is 6.92 Å². The zero-order chi connectivity index (χ0) is 23.3. The van der Waals surface area contributed by atoms with Gasteiger partial charge in [-0.25, -0.2) is 5.43 Å². The van der Waals surface area contributed by atoms with E-state index in [1.165, 1.54) is 25.5 Å². The first-order valence-electron chi connectivity index (χ1n) is 9.12. The number of methoxy groups -OCH3 is 1. The molecule has 0 saturated heterocycles. The predicted octanol–water partition coefficient (Wildman–Crippen LogP) is 3.91. The number of halogens is 1. The number of carbonyl (C=O) groups excluding carboxylic acids is 2. The molecule has 2 aromatic carbocycles. The van der Waals surface area contributed by atoms with Crippen molar-refractivity contribution in [3.63, 3.8) is 0 Å². The maximum Gasteiger partial charge on any atom is 0.329 e. The number of nitro groups is 1. The quantitative estimate of drug-likeness (QED) is 0.250. The summed E-state index contributed by atoms with van der Waals surface area (Å²) in [6.07, 6.45) is 1.20. The van der Waals surface area contributed by atoms with E-state index in [4.69, 9.17) is 20.8 Å². The van der Waals surface area contributed by atoms with Gasteiger partial charge in [-0.2, -0.15) is 5.10 Å². The molecule has 0 spiro atoms. The van der Waals surface area contributed by atoms with Gasteiger partial charge in [0, 0.05) is 22.2 Å². The van der Waals surface area contributed by atoms with E-state index in [-0.39, 0.29) is 17.1 Å². The Morgan fingerprint density at radius 1 is 1.19 bits per heavy atom. The molecule has 0 aliphatic carbocycles. The number of hydrogen-bond acceptors (Lipinski definition) is 7. The van der Waals surface area contributed by atoms with Gasteiger partial charge in [-0.1, -0.05) is 23.7 Å². The van der Waals surface area contributed by atoms with E-state index < -0.39 is 16.7 Å². The van der Waals surface area contributed by atoms with Crippen LogP contribution in [0, 0.1) is 17.0 Å². The first-order valence-corrected chi connectivity index (χ1v) is 9.50. The third-order valence-electron chi connectivity index (χ3n) is 4.37. The summed E-state index contributed by atoms with van der Waals surface area (Å²) in [4.78, 5) is 34.7. The number of furan rings is 1. The number of amides is 2. The van der Waals surface area contributed by atoms with Crippen LogP contribution >= 0.6 is 11.6 Å². The zero-order valence-corrected chi connectivity index (χ0v) is 17.7. The fraction of sp³-hybridized carbons (Fsp3) is 0.0952. The van der Waals surface area contributed by atoms with Gasteiger partial charge in [0.05, 0.1) is 23.9 Å². The molecule has 0 unspecified atom stereocenters. The van der Waals surface area contributed by atoms with Crippen molar-refractivity contribution < 1.29 is 23.7 Å². The highest BCUT2D eigenvalue weighted by Gasteiger charge is 2.17. The van der Waals surface area contributed by atoms with Crippen molar-refractivity contribution >= 4 is 41.0 Å².